The molecule has 0 atom stereocenters. The zero-order valence-electron chi connectivity index (χ0n) is 11.2. The number of β-amino-alcohol motifs (C(OH)–C–C–N with tert-alkyl or cyclic N) is 1. The number of anilines is 1. The van der Waals surface area contributed by atoms with E-state index in [1.54, 1.807) is 6.07 Å². The maximum absolute atomic E-state index is 11.5. The van der Waals surface area contributed by atoms with E-state index < -0.39 is 0 Å². The van der Waals surface area contributed by atoms with Crippen LogP contribution in [0.3, 0.4) is 0 Å². The van der Waals surface area contributed by atoms with E-state index in [1.165, 1.54) is 7.11 Å². The maximum atomic E-state index is 11.5. The van der Waals surface area contributed by atoms with Gasteiger partial charge in [-0.05, 0) is 18.2 Å². The molecule has 1 aliphatic heterocycles. The first-order valence-corrected chi connectivity index (χ1v) is 6.51. The van der Waals surface area contributed by atoms with Crippen molar-refractivity contribution in [1.82, 2.24) is 4.90 Å². The fourth-order valence-corrected chi connectivity index (χ4v) is 2.32. The fourth-order valence-electron chi connectivity index (χ4n) is 2.32. The van der Waals surface area contributed by atoms with Crippen LogP contribution in [0.5, 0.6) is 0 Å². The van der Waals surface area contributed by atoms with E-state index in [-0.39, 0.29) is 12.6 Å². The lowest BCUT2D eigenvalue weighted by Crippen LogP contribution is -2.47. The SMILES string of the molecule is COC(=O)c1cccc(N2CCN(CCO)CC2)c1. The summed E-state index contributed by atoms with van der Waals surface area (Å²) in [5.41, 5.74) is 1.63. The van der Waals surface area contributed by atoms with Gasteiger partial charge >= 0.3 is 5.97 Å². The monoisotopic (exact) mass is 264 g/mol. The van der Waals surface area contributed by atoms with Crippen LogP contribution in [0.2, 0.25) is 0 Å². The standard InChI is InChI=1S/C14H20N2O3/c1-19-14(18)12-3-2-4-13(11-12)16-7-5-15(6-8-16)9-10-17/h2-4,11,17H,5-10H2,1H3. The van der Waals surface area contributed by atoms with Crippen LogP contribution in [0.4, 0.5) is 5.69 Å². The minimum absolute atomic E-state index is 0.206. The van der Waals surface area contributed by atoms with Crippen molar-refractivity contribution >= 4 is 11.7 Å². The van der Waals surface area contributed by atoms with Gasteiger partial charge in [-0.15, -0.1) is 0 Å². The first-order chi connectivity index (χ1) is 9.24. The third-order valence-electron chi connectivity index (χ3n) is 3.42. The summed E-state index contributed by atoms with van der Waals surface area (Å²) in [6, 6.07) is 7.51. The van der Waals surface area contributed by atoms with Crippen LogP contribution in [0, 0.1) is 0 Å². The first-order valence-electron chi connectivity index (χ1n) is 6.51. The van der Waals surface area contributed by atoms with E-state index in [0.29, 0.717) is 5.56 Å². The van der Waals surface area contributed by atoms with Crippen LogP contribution in [0.25, 0.3) is 0 Å². The second-order valence-electron chi connectivity index (χ2n) is 4.59. The van der Waals surface area contributed by atoms with Crippen molar-refractivity contribution in [3.63, 3.8) is 0 Å². The Morgan fingerprint density at radius 3 is 2.68 bits per heavy atom. The van der Waals surface area contributed by atoms with Gasteiger partial charge in [-0.3, -0.25) is 4.90 Å². The van der Waals surface area contributed by atoms with Gasteiger partial charge in [0, 0.05) is 38.4 Å². The zero-order valence-corrected chi connectivity index (χ0v) is 11.2. The van der Waals surface area contributed by atoms with E-state index in [4.69, 9.17) is 9.84 Å². The van der Waals surface area contributed by atoms with Gasteiger partial charge < -0.3 is 14.7 Å². The lowest BCUT2D eigenvalue weighted by Gasteiger charge is -2.35. The topological polar surface area (TPSA) is 53.0 Å². The molecular weight excluding hydrogens is 244 g/mol. The van der Waals surface area contributed by atoms with Gasteiger partial charge in [-0.1, -0.05) is 6.07 Å². The number of esters is 1. The molecule has 1 heterocycles. The summed E-state index contributed by atoms with van der Waals surface area (Å²) < 4.78 is 4.73. The Bertz CT molecular complexity index is 428. The first kappa shape index (κ1) is 13.8. The Hall–Kier alpha value is -1.59. The fraction of sp³-hybridized carbons (Fsp3) is 0.500. The molecule has 0 unspecified atom stereocenters. The Morgan fingerprint density at radius 1 is 1.32 bits per heavy atom. The van der Waals surface area contributed by atoms with E-state index in [1.807, 2.05) is 18.2 Å². The Kier molecular flexibility index (Phi) is 4.76. The molecule has 19 heavy (non-hydrogen) atoms. The quantitative estimate of drug-likeness (QED) is 0.807. The van der Waals surface area contributed by atoms with Crippen molar-refractivity contribution in [2.24, 2.45) is 0 Å². The number of carbonyl (C=O) groups is 1. The summed E-state index contributed by atoms with van der Waals surface area (Å²) in [5, 5.41) is 8.92. The Balaban J connectivity index is 2.01. The highest BCUT2D eigenvalue weighted by Crippen LogP contribution is 2.18. The number of ether oxygens (including phenoxy) is 1. The summed E-state index contributed by atoms with van der Waals surface area (Å²) in [5.74, 6) is -0.305. The normalized spacial score (nSPS) is 16.4. The predicted molar refractivity (Wildman–Crippen MR) is 73.5 cm³/mol. The molecule has 0 aliphatic carbocycles. The Morgan fingerprint density at radius 2 is 2.05 bits per heavy atom. The molecule has 5 heteroatoms. The van der Waals surface area contributed by atoms with Gasteiger partial charge in [0.2, 0.25) is 0 Å². The number of hydrogen-bond donors (Lipinski definition) is 1. The highest BCUT2D eigenvalue weighted by molar-refractivity contribution is 5.90. The van der Waals surface area contributed by atoms with Crippen LogP contribution in [0.15, 0.2) is 24.3 Å². The van der Waals surface area contributed by atoms with E-state index in [9.17, 15) is 4.79 Å². The van der Waals surface area contributed by atoms with Crippen LogP contribution >= 0.6 is 0 Å². The number of methoxy groups -OCH3 is 1. The number of rotatable bonds is 4. The molecule has 2 rings (SSSR count). The number of piperazine rings is 1. The third kappa shape index (κ3) is 3.45. The van der Waals surface area contributed by atoms with Crippen molar-refractivity contribution in [2.45, 2.75) is 0 Å². The van der Waals surface area contributed by atoms with Crippen molar-refractivity contribution < 1.29 is 14.6 Å². The maximum Gasteiger partial charge on any atom is 0.337 e. The zero-order chi connectivity index (χ0) is 13.7. The van der Waals surface area contributed by atoms with Crippen LogP contribution in [-0.4, -0.2) is 62.4 Å². The molecule has 1 saturated heterocycles. The smallest absolute Gasteiger partial charge is 0.337 e. The van der Waals surface area contributed by atoms with Crippen molar-refractivity contribution in [1.29, 1.82) is 0 Å². The lowest BCUT2D eigenvalue weighted by molar-refractivity contribution is 0.0600. The molecule has 0 radical (unpaired) electrons. The summed E-state index contributed by atoms with van der Waals surface area (Å²) in [4.78, 5) is 16.0. The molecule has 1 aromatic carbocycles. The molecule has 1 aliphatic rings. The van der Waals surface area contributed by atoms with E-state index >= 15 is 0 Å². The average Bonchev–Trinajstić information content (AvgIpc) is 2.48. The molecule has 0 saturated carbocycles. The largest absolute Gasteiger partial charge is 0.465 e. The number of nitrogens with zero attached hydrogens (tertiary/aromatic N) is 2. The summed E-state index contributed by atoms with van der Waals surface area (Å²) in [6.45, 7) is 4.62. The van der Waals surface area contributed by atoms with Crippen LogP contribution in [-0.2, 0) is 4.74 Å². The number of carbonyl (C=O) groups excluding carboxylic acids is 1. The highest BCUT2D eigenvalue weighted by atomic mass is 16.5. The molecule has 5 nitrogen and oxygen atoms in total. The van der Waals surface area contributed by atoms with Gasteiger partial charge in [0.25, 0.3) is 0 Å². The second kappa shape index (κ2) is 6.54. The molecule has 1 fully saturated rings. The molecular formula is C14H20N2O3. The van der Waals surface area contributed by atoms with E-state index in [2.05, 4.69) is 9.80 Å². The molecule has 1 aromatic rings. The number of aliphatic hydroxyl groups excluding tert-OH is 1. The molecule has 0 aromatic heterocycles. The van der Waals surface area contributed by atoms with Crippen LogP contribution in [0.1, 0.15) is 10.4 Å². The lowest BCUT2D eigenvalue weighted by atomic mass is 10.1. The second-order valence-corrected chi connectivity index (χ2v) is 4.59. The predicted octanol–water partition coefficient (Wildman–Crippen LogP) is 0.587. The highest BCUT2D eigenvalue weighted by Gasteiger charge is 2.17. The summed E-state index contributed by atoms with van der Waals surface area (Å²) in [7, 11) is 1.39. The van der Waals surface area contributed by atoms with Crippen molar-refractivity contribution in [3.8, 4) is 0 Å². The minimum atomic E-state index is -0.305. The van der Waals surface area contributed by atoms with Gasteiger partial charge in [-0.2, -0.15) is 0 Å². The number of hydrogen-bond acceptors (Lipinski definition) is 5. The third-order valence-corrected chi connectivity index (χ3v) is 3.42. The van der Waals surface area contributed by atoms with Crippen LogP contribution < -0.4 is 4.90 Å². The molecule has 1 N–H and O–H groups in total. The van der Waals surface area contributed by atoms with Crippen molar-refractivity contribution in [2.75, 3.05) is 51.3 Å². The molecule has 0 spiro atoms. The number of aliphatic hydroxyl groups is 1. The van der Waals surface area contributed by atoms with Gasteiger partial charge in [0.05, 0.1) is 19.3 Å². The van der Waals surface area contributed by atoms with E-state index in [0.717, 1.165) is 38.4 Å². The Labute approximate surface area is 113 Å². The molecule has 0 amide bonds. The van der Waals surface area contributed by atoms with Gasteiger partial charge in [0.1, 0.15) is 0 Å². The molecule has 104 valence electrons. The molecule has 0 bridgehead atoms. The number of benzene rings is 1. The summed E-state index contributed by atoms with van der Waals surface area (Å²) in [6.07, 6.45) is 0. The van der Waals surface area contributed by atoms with Crippen molar-refractivity contribution in [3.05, 3.63) is 29.8 Å². The minimum Gasteiger partial charge on any atom is -0.465 e. The summed E-state index contributed by atoms with van der Waals surface area (Å²) >= 11 is 0. The average molecular weight is 264 g/mol. The van der Waals surface area contributed by atoms with Gasteiger partial charge in [-0.25, -0.2) is 4.79 Å². The van der Waals surface area contributed by atoms with Gasteiger partial charge in [0.15, 0.2) is 0 Å².